The van der Waals surface area contributed by atoms with Gasteiger partial charge in [-0.15, -0.1) is 10.2 Å². The van der Waals surface area contributed by atoms with Crippen molar-refractivity contribution in [2.45, 2.75) is 13.0 Å². The molecule has 2 aromatic heterocycles. The Labute approximate surface area is 157 Å². The van der Waals surface area contributed by atoms with Crippen LogP contribution in [-0.4, -0.2) is 15.2 Å². The predicted octanol–water partition coefficient (Wildman–Crippen LogP) is 4.74. The van der Waals surface area contributed by atoms with E-state index in [1.54, 1.807) is 12.4 Å². The topological polar surface area (TPSA) is 74.5 Å². The molecule has 0 bridgehead atoms. The maximum absolute atomic E-state index is 9.49. The summed E-state index contributed by atoms with van der Waals surface area (Å²) in [5.41, 5.74) is 4.98. The molecule has 0 unspecified atom stereocenters. The Morgan fingerprint density at radius 3 is 2.44 bits per heavy atom. The minimum atomic E-state index is 0.0329. The van der Waals surface area contributed by atoms with Gasteiger partial charge in [-0.25, -0.2) is 0 Å². The zero-order valence-electron chi connectivity index (χ0n) is 14.8. The SMILES string of the molecule is C[C@H](Nc1c(C#N)nnc2cc(-c3ccncc3)ccc12)c1ccccc1. The molecule has 0 aliphatic carbocycles. The summed E-state index contributed by atoms with van der Waals surface area (Å²) >= 11 is 0. The smallest absolute Gasteiger partial charge is 0.186 e. The zero-order valence-corrected chi connectivity index (χ0v) is 14.8. The molecule has 1 N–H and O–H groups in total. The molecule has 0 fully saturated rings. The van der Waals surface area contributed by atoms with E-state index in [0.717, 1.165) is 27.6 Å². The summed E-state index contributed by atoms with van der Waals surface area (Å²) < 4.78 is 0. The Hall–Kier alpha value is -3.78. The van der Waals surface area contributed by atoms with E-state index in [4.69, 9.17) is 0 Å². The van der Waals surface area contributed by atoms with E-state index >= 15 is 0 Å². The summed E-state index contributed by atoms with van der Waals surface area (Å²) in [7, 11) is 0. The largest absolute Gasteiger partial charge is 0.376 e. The molecule has 2 aromatic carbocycles. The lowest BCUT2D eigenvalue weighted by molar-refractivity contribution is 0.880. The average molecular weight is 351 g/mol. The van der Waals surface area contributed by atoms with E-state index in [1.165, 1.54) is 0 Å². The van der Waals surface area contributed by atoms with Gasteiger partial charge in [-0.3, -0.25) is 4.98 Å². The summed E-state index contributed by atoms with van der Waals surface area (Å²) in [6.07, 6.45) is 3.52. The molecule has 0 saturated carbocycles. The minimum absolute atomic E-state index is 0.0329. The number of pyridine rings is 1. The summed E-state index contributed by atoms with van der Waals surface area (Å²) in [5.74, 6) is 0. The predicted molar refractivity (Wildman–Crippen MR) is 106 cm³/mol. The van der Waals surface area contributed by atoms with Gasteiger partial charge in [0, 0.05) is 23.8 Å². The number of nitriles is 1. The maximum Gasteiger partial charge on any atom is 0.186 e. The van der Waals surface area contributed by atoms with Gasteiger partial charge in [0.05, 0.1) is 11.2 Å². The van der Waals surface area contributed by atoms with Crippen molar-refractivity contribution in [2.24, 2.45) is 0 Å². The molecule has 5 nitrogen and oxygen atoms in total. The van der Waals surface area contributed by atoms with Crippen LogP contribution in [-0.2, 0) is 0 Å². The highest BCUT2D eigenvalue weighted by Gasteiger charge is 2.14. The number of fused-ring (bicyclic) bond motifs is 1. The van der Waals surface area contributed by atoms with Crippen molar-refractivity contribution >= 4 is 16.6 Å². The standard InChI is InChI=1S/C22H17N5/c1-15(16-5-3-2-4-6-16)25-22-19-8-7-18(17-9-11-24-12-10-17)13-20(19)26-27-21(22)14-23/h2-13,15H,1H3,(H,25,26)/t15-/m0/s1. The number of hydrogen-bond donors (Lipinski definition) is 1. The second kappa shape index (κ2) is 7.22. The summed E-state index contributed by atoms with van der Waals surface area (Å²) in [6.45, 7) is 2.06. The van der Waals surface area contributed by atoms with Crippen molar-refractivity contribution in [3.05, 3.63) is 84.3 Å². The minimum Gasteiger partial charge on any atom is -0.376 e. The maximum atomic E-state index is 9.49. The molecule has 0 amide bonds. The Bertz CT molecular complexity index is 1120. The number of hydrogen-bond acceptors (Lipinski definition) is 5. The molecule has 0 radical (unpaired) electrons. The van der Waals surface area contributed by atoms with Crippen LogP contribution in [0.5, 0.6) is 0 Å². The molecule has 0 saturated heterocycles. The molecule has 1 atom stereocenters. The number of anilines is 1. The first-order chi connectivity index (χ1) is 13.3. The van der Waals surface area contributed by atoms with E-state index in [2.05, 4.69) is 45.6 Å². The fourth-order valence-corrected chi connectivity index (χ4v) is 3.10. The summed E-state index contributed by atoms with van der Waals surface area (Å²) in [5, 5.41) is 22.2. The Morgan fingerprint density at radius 2 is 1.70 bits per heavy atom. The third-order valence-corrected chi connectivity index (χ3v) is 4.54. The third kappa shape index (κ3) is 3.33. The van der Waals surface area contributed by atoms with Crippen molar-refractivity contribution in [2.75, 3.05) is 5.32 Å². The Kier molecular flexibility index (Phi) is 4.46. The van der Waals surface area contributed by atoms with E-state index < -0.39 is 0 Å². The van der Waals surface area contributed by atoms with Gasteiger partial charge in [0.2, 0.25) is 0 Å². The first-order valence-electron chi connectivity index (χ1n) is 8.68. The van der Waals surface area contributed by atoms with E-state index in [9.17, 15) is 5.26 Å². The van der Waals surface area contributed by atoms with Crippen LogP contribution < -0.4 is 5.32 Å². The lowest BCUT2D eigenvalue weighted by Crippen LogP contribution is -2.09. The molecular weight excluding hydrogens is 334 g/mol. The van der Waals surface area contributed by atoms with Gasteiger partial charge in [-0.2, -0.15) is 5.26 Å². The van der Waals surface area contributed by atoms with Crippen LogP contribution in [0, 0.1) is 11.3 Å². The zero-order chi connectivity index (χ0) is 18.6. The van der Waals surface area contributed by atoms with Crippen molar-refractivity contribution in [3.63, 3.8) is 0 Å². The second-order valence-electron chi connectivity index (χ2n) is 6.28. The van der Waals surface area contributed by atoms with Crippen LogP contribution in [0.4, 0.5) is 5.69 Å². The normalized spacial score (nSPS) is 11.7. The third-order valence-electron chi connectivity index (χ3n) is 4.54. The van der Waals surface area contributed by atoms with E-state index in [-0.39, 0.29) is 6.04 Å². The molecule has 4 rings (SSSR count). The average Bonchev–Trinajstić information content (AvgIpc) is 2.74. The molecule has 130 valence electrons. The van der Waals surface area contributed by atoms with E-state index in [0.29, 0.717) is 11.4 Å². The van der Waals surface area contributed by atoms with Crippen LogP contribution >= 0.6 is 0 Å². The van der Waals surface area contributed by atoms with Crippen molar-refractivity contribution < 1.29 is 0 Å². The van der Waals surface area contributed by atoms with Gasteiger partial charge in [-0.1, -0.05) is 36.4 Å². The van der Waals surface area contributed by atoms with Gasteiger partial charge in [-0.05, 0) is 47.9 Å². The first kappa shape index (κ1) is 16.7. The number of benzene rings is 2. The highest BCUT2D eigenvalue weighted by molar-refractivity contribution is 5.95. The monoisotopic (exact) mass is 351 g/mol. The number of nitrogens with zero attached hydrogens (tertiary/aromatic N) is 4. The van der Waals surface area contributed by atoms with Crippen LogP contribution in [0.3, 0.4) is 0 Å². The molecule has 4 aromatic rings. The van der Waals surface area contributed by atoms with Gasteiger partial charge in [0.1, 0.15) is 6.07 Å². The van der Waals surface area contributed by atoms with Crippen LogP contribution in [0.1, 0.15) is 24.2 Å². The van der Waals surface area contributed by atoms with Gasteiger partial charge >= 0.3 is 0 Å². The molecular formula is C22H17N5. The number of nitrogens with one attached hydrogen (secondary N) is 1. The molecule has 0 aliphatic heterocycles. The van der Waals surface area contributed by atoms with Crippen LogP contribution in [0.25, 0.3) is 22.0 Å². The Morgan fingerprint density at radius 1 is 0.926 bits per heavy atom. The first-order valence-corrected chi connectivity index (χ1v) is 8.68. The molecule has 0 aliphatic rings. The molecule has 5 heteroatoms. The lowest BCUT2D eigenvalue weighted by Gasteiger charge is -2.18. The number of rotatable bonds is 4. The summed E-state index contributed by atoms with van der Waals surface area (Å²) in [4.78, 5) is 4.06. The fourth-order valence-electron chi connectivity index (χ4n) is 3.10. The van der Waals surface area contributed by atoms with Crippen LogP contribution in [0.15, 0.2) is 73.1 Å². The Balaban J connectivity index is 1.78. The van der Waals surface area contributed by atoms with Crippen LogP contribution in [0.2, 0.25) is 0 Å². The van der Waals surface area contributed by atoms with E-state index in [1.807, 2.05) is 48.5 Å². The van der Waals surface area contributed by atoms with Crippen molar-refractivity contribution in [1.29, 1.82) is 5.26 Å². The number of aromatic nitrogens is 3. The highest BCUT2D eigenvalue weighted by Crippen LogP contribution is 2.31. The highest BCUT2D eigenvalue weighted by atomic mass is 15.1. The van der Waals surface area contributed by atoms with Gasteiger partial charge < -0.3 is 5.32 Å². The van der Waals surface area contributed by atoms with Gasteiger partial charge in [0.15, 0.2) is 5.69 Å². The fraction of sp³-hybridized carbons (Fsp3) is 0.0909. The molecule has 27 heavy (non-hydrogen) atoms. The van der Waals surface area contributed by atoms with Crippen molar-refractivity contribution in [1.82, 2.24) is 15.2 Å². The summed E-state index contributed by atoms with van der Waals surface area (Å²) in [6, 6.07) is 22.2. The van der Waals surface area contributed by atoms with Crippen molar-refractivity contribution in [3.8, 4) is 17.2 Å². The second-order valence-corrected chi connectivity index (χ2v) is 6.28. The van der Waals surface area contributed by atoms with Gasteiger partial charge in [0.25, 0.3) is 0 Å². The lowest BCUT2D eigenvalue weighted by atomic mass is 10.0. The molecule has 0 spiro atoms. The molecule has 2 heterocycles. The quantitative estimate of drug-likeness (QED) is 0.575.